The second-order valence-corrected chi connectivity index (χ2v) is 7.15. The molecule has 1 aromatic rings. The standard InChI is InChI=1S/C19H26F2N2O2/c1-25-14-18(24)22-9-2-6-19(8-11-22)7-3-10-23(19)13-15-12-16(20)4-5-17(15)21/h4-5,12H,2-3,6-11,13-14H2,1H3/t19-/m0/s1. The van der Waals surface area contributed by atoms with Crippen LogP contribution in [0.2, 0.25) is 0 Å². The molecule has 138 valence electrons. The van der Waals surface area contributed by atoms with Gasteiger partial charge in [-0.05, 0) is 56.8 Å². The molecule has 2 fully saturated rings. The summed E-state index contributed by atoms with van der Waals surface area (Å²) in [6, 6.07) is 3.65. The van der Waals surface area contributed by atoms with Gasteiger partial charge < -0.3 is 9.64 Å². The molecule has 25 heavy (non-hydrogen) atoms. The Morgan fingerprint density at radius 3 is 2.68 bits per heavy atom. The maximum absolute atomic E-state index is 14.1. The van der Waals surface area contributed by atoms with Crippen molar-refractivity contribution in [3.05, 3.63) is 35.4 Å². The van der Waals surface area contributed by atoms with Crippen molar-refractivity contribution in [3.8, 4) is 0 Å². The molecule has 1 spiro atoms. The summed E-state index contributed by atoms with van der Waals surface area (Å²) < 4.78 is 32.5. The van der Waals surface area contributed by atoms with Gasteiger partial charge in [0.2, 0.25) is 5.91 Å². The zero-order valence-corrected chi connectivity index (χ0v) is 14.8. The van der Waals surface area contributed by atoms with Crippen LogP contribution in [-0.2, 0) is 16.1 Å². The summed E-state index contributed by atoms with van der Waals surface area (Å²) in [6.45, 7) is 2.87. The highest BCUT2D eigenvalue weighted by Gasteiger charge is 2.42. The number of likely N-dealkylation sites (tertiary alicyclic amines) is 2. The molecule has 0 unspecified atom stereocenters. The highest BCUT2D eigenvalue weighted by Crippen LogP contribution is 2.39. The number of ether oxygens (including phenoxy) is 1. The quantitative estimate of drug-likeness (QED) is 0.835. The minimum Gasteiger partial charge on any atom is -0.375 e. The third-order valence-corrected chi connectivity index (χ3v) is 5.65. The second-order valence-electron chi connectivity index (χ2n) is 7.15. The zero-order chi connectivity index (χ0) is 17.9. The van der Waals surface area contributed by atoms with Gasteiger partial charge in [0.15, 0.2) is 0 Å². The minimum absolute atomic E-state index is 0.0130. The molecular formula is C19H26F2N2O2. The fourth-order valence-corrected chi connectivity index (χ4v) is 4.32. The molecular weight excluding hydrogens is 326 g/mol. The van der Waals surface area contributed by atoms with E-state index >= 15 is 0 Å². The van der Waals surface area contributed by atoms with E-state index in [9.17, 15) is 13.6 Å². The highest BCUT2D eigenvalue weighted by molar-refractivity contribution is 5.77. The van der Waals surface area contributed by atoms with Crippen LogP contribution in [-0.4, -0.2) is 54.6 Å². The average Bonchev–Trinajstić information content (AvgIpc) is 2.83. The SMILES string of the molecule is COCC(=O)N1CCC[C@]2(CCCN2Cc2cc(F)ccc2F)CC1. The van der Waals surface area contributed by atoms with Crippen LogP contribution in [0.3, 0.4) is 0 Å². The predicted octanol–water partition coefficient (Wildman–Crippen LogP) is 2.96. The van der Waals surface area contributed by atoms with Crippen molar-refractivity contribution in [2.75, 3.05) is 33.4 Å². The Labute approximate surface area is 147 Å². The Bertz CT molecular complexity index is 625. The second kappa shape index (κ2) is 7.79. The topological polar surface area (TPSA) is 32.8 Å². The summed E-state index contributed by atoms with van der Waals surface area (Å²) >= 11 is 0. The molecule has 0 aliphatic carbocycles. The van der Waals surface area contributed by atoms with Gasteiger partial charge in [0.25, 0.3) is 0 Å². The summed E-state index contributed by atoms with van der Waals surface area (Å²) in [5.41, 5.74) is 0.402. The molecule has 1 atom stereocenters. The highest BCUT2D eigenvalue weighted by atomic mass is 19.1. The fraction of sp³-hybridized carbons (Fsp3) is 0.632. The van der Waals surface area contributed by atoms with E-state index in [1.807, 2.05) is 4.90 Å². The third kappa shape index (κ3) is 4.01. The van der Waals surface area contributed by atoms with Crippen LogP contribution < -0.4 is 0 Å². The van der Waals surface area contributed by atoms with Crippen LogP contribution in [0, 0.1) is 11.6 Å². The van der Waals surface area contributed by atoms with Gasteiger partial charge in [0.05, 0.1) is 0 Å². The van der Waals surface area contributed by atoms with Gasteiger partial charge in [-0.25, -0.2) is 8.78 Å². The first kappa shape index (κ1) is 18.3. The lowest BCUT2D eigenvalue weighted by molar-refractivity contribution is -0.135. The summed E-state index contributed by atoms with van der Waals surface area (Å²) in [5.74, 6) is -0.726. The normalized spacial score (nSPS) is 24.7. The molecule has 2 aliphatic heterocycles. The fourth-order valence-electron chi connectivity index (χ4n) is 4.32. The molecule has 2 heterocycles. The Balaban J connectivity index is 1.72. The molecule has 0 aromatic heterocycles. The van der Waals surface area contributed by atoms with Gasteiger partial charge in [-0.1, -0.05) is 0 Å². The first-order valence-electron chi connectivity index (χ1n) is 9.00. The van der Waals surface area contributed by atoms with E-state index in [0.717, 1.165) is 51.3 Å². The summed E-state index contributed by atoms with van der Waals surface area (Å²) in [7, 11) is 1.53. The molecule has 2 aliphatic rings. The Morgan fingerprint density at radius 2 is 1.92 bits per heavy atom. The molecule has 3 rings (SSSR count). The van der Waals surface area contributed by atoms with E-state index in [2.05, 4.69) is 4.90 Å². The largest absolute Gasteiger partial charge is 0.375 e. The lowest BCUT2D eigenvalue weighted by Gasteiger charge is -2.38. The summed E-state index contributed by atoms with van der Waals surface area (Å²) in [4.78, 5) is 16.3. The molecule has 0 bridgehead atoms. The summed E-state index contributed by atoms with van der Waals surface area (Å²) in [6.07, 6.45) is 4.90. The Morgan fingerprint density at radius 1 is 1.16 bits per heavy atom. The number of nitrogens with zero attached hydrogens (tertiary/aromatic N) is 2. The third-order valence-electron chi connectivity index (χ3n) is 5.65. The number of rotatable bonds is 4. The molecule has 6 heteroatoms. The number of halogens is 2. The number of hydrogen-bond donors (Lipinski definition) is 0. The van der Waals surface area contributed by atoms with Gasteiger partial charge in [-0.15, -0.1) is 0 Å². The van der Waals surface area contributed by atoms with E-state index in [0.29, 0.717) is 18.7 Å². The van der Waals surface area contributed by atoms with Gasteiger partial charge in [0.1, 0.15) is 18.2 Å². The summed E-state index contributed by atoms with van der Waals surface area (Å²) in [5, 5.41) is 0. The Hall–Kier alpha value is -1.53. The number of carbonyl (C=O) groups excluding carboxylic acids is 1. The number of benzene rings is 1. The van der Waals surface area contributed by atoms with E-state index in [1.54, 1.807) is 0 Å². The molecule has 1 aromatic carbocycles. The predicted molar refractivity (Wildman–Crippen MR) is 91.0 cm³/mol. The molecule has 2 saturated heterocycles. The van der Waals surface area contributed by atoms with Crippen molar-refractivity contribution in [3.63, 3.8) is 0 Å². The van der Waals surface area contributed by atoms with Crippen LogP contribution >= 0.6 is 0 Å². The molecule has 0 saturated carbocycles. The van der Waals surface area contributed by atoms with Crippen LogP contribution in [0.1, 0.15) is 37.7 Å². The van der Waals surface area contributed by atoms with Crippen molar-refractivity contribution in [2.45, 2.75) is 44.2 Å². The maximum Gasteiger partial charge on any atom is 0.248 e. The van der Waals surface area contributed by atoms with Crippen LogP contribution in [0.25, 0.3) is 0 Å². The van der Waals surface area contributed by atoms with Crippen LogP contribution in [0.15, 0.2) is 18.2 Å². The number of amides is 1. The molecule has 0 N–H and O–H groups in total. The van der Waals surface area contributed by atoms with Crippen LogP contribution in [0.5, 0.6) is 0 Å². The average molecular weight is 352 g/mol. The van der Waals surface area contributed by atoms with Crippen molar-refractivity contribution in [2.24, 2.45) is 0 Å². The van der Waals surface area contributed by atoms with E-state index < -0.39 is 5.82 Å². The molecule has 1 amide bonds. The van der Waals surface area contributed by atoms with Gasteiger partial charge >= 0.3 is 0 Å². The Kier molecular flexibility index (Phi) is 5.69. The molecule has 0 radical (unpaired) electrons. The number of hydrogen-bond acceptors (Lipinski definition) is 3. The number of methoxy groups -OCH3 is 1. The van der Waals surface area contributed by atoms with Gasteiger partial charge in [0, 0.05) is 37.8 Å². The van der Waals surface area contributed by atoms with E-state index in [4.69, 9.17) is 4.74 Å². The smallest absolute Gasteiger partial charge is 0.248 e. The van der Waals surface area contributed by atoms with Gasteiger partial charge in [-0.2, -0.15) is 0 Å². The number of carbonyl (C=O) groups is 1. The van der Waals surface area contributed by atoms with Crippen LogP contribution in [0.4, 0.5) is 8.78 Å². The van der Waals surface area contributed by atoms with Crippen molar-refractivity contribution in [1.82, 2.24) is 9.80 Å². The van der Waals surface area contributed by atoms with Gasteiger partial charge in [-0.3, -0.25) is 9.69 Å². The minimum atomic E-state index is -0.401. The van der Waals surface area contributed by atoms with Crippen molar-refractivity contribution < 1.29 is 18.3 Å². The maximum atomic E-state index is 14.1. The van der Waals surface area contributed by atoms with Crippen molar-refractivity contribution in [1.29, 1.82) is 0 Å². The van der Waals surface area contributed by atoms with E-state index in [1.165, 1.54) is 19.2 Å². The first-order chi connectivity index (χ1) is 12.0. The lowest BCUT2D eigenvalue weighted by atomic mass is 9.87. The monoisotopic (exact) mass is 352 g/mol. The molecule has 4 nitrogen and oxygen atoms in total. The lowest BCUT2D eigenvalue weighted by Crippen LogP contribution is -2.44. The van der Waals surface area contributed by atoms with Crippen molar-refractivity contribution >= 4 is 5.91 Å². The van der Waals surface area contributed by atoms with E-state index in [-0.39, 0.29) is 23.9 Å². The zero-order valence-electron chi connectivity index (χ0n) is 14.8. The first-order valence-corrected chi connectivity index (χ1v) is 9.00.